The number of guanidine groups is 1. The third kappa shape index (κ3) is 6.17. The van der Waals surface area contributed by atoms with Crippen molar-refractivity contribution >= 4 is 5.96 Å². The molecule has 1 heterocycles. The Morgan fingerprint density at radius 3 is 2.41 bits per heavy atom. The third-order valence-corrected chi connectivity index (χ3v) is 6.33. The minimum Gasteiger partial charge on any atom is -0.379 e. The summed E-state index contributed by atoms with van der Waals surface area (Å²) in [6, 6.07) is 8.64. The lowest BCUT2D eigenvalue weighted by Gasteiger charge is -2.48. The number of rotatable bonds is 7. The average Bonchev–Trinajstić information content (AvgIpc) is 2.76. The zero-order valence-corrected chi connectivity index (χ0v) is 18.5. The van der Waals surface area contributed by atoms with Crippen molar-refractivity contribution in [3.8, 4) is 0 Å². The Balaban J connectivity index is 1.59. The second-order valence-corrected chi connectivity index (χ2v) is 8.67. The van der Waals surface area contributed by atoms with Crippen LogP contribution in [0.4, 0.5) is 0 Å². The molecule has 1 saturated carbocycles. The van der Waals surface area contributed by atoms with Crippen molar-refractivity contribution in [2.75, 3.05) is 54.0 Å². The molecule has 1 aliphatic heterocycles. The molecule has 2 aliphatic rings. The lowest BCUT2D eigenvalue weighted by Crippen LogP contribution is -2.60. The van der Waals surface area contributed by atoms with Crippen molar-refractivity contribution in [3.05, 3.63) is 35.4 Å². The summed E-state index contributed by atoms with van der Waals surface area (Å²) in [6.45, 7) is 6.50. The van der Waals surface area contributed by atoms with Crippen LogP contribution in [0, 0.1) is 0 Å². The van der Waals surface area contributed by atoms with E-state index in [9.17, 15) is 0 Å². The van der Waals surface area contributed by atoms with Gasteiger partial charge in [-0.2, -0.15) is 0 Å². The van der Waals surface area contributed by atoms with Crippen LogP contribution in [0.15, 0.2) is 29.3 Å². The minimum absolute atomic E-state index is 0.239. The molecule has 2 fully saturated rings. The van der Waals surface area contributed by atoms with Crippen molar-refractivity contribution in [2.24, 2.45) is 4.99 Å². The molecule has 3 rings (SSSR count). The van der Waals surface area contributed by atoms with Gasteiger partial charge in [-0.25, -0.2) is 0 Å². The standard InChI is InChI=1S/C23H39N5O/c1-24-22(25-17-20-9-5-6-10-21(20)18-27(2)3)26-19-23(11-7-4-8-12-23)28-13-15-29-16-14-28/h5-6,9-10H,4,7-8,11-19H2,1-3H3,(H2,24,25,26). The van der Waals surface area contributed by atoms with E-state index in [0.717, 1.165) is 51.9 Å². The molecule has 6 nitrogen and oxygen atoms in total. The van der Waals surface area contributed by atoms with Crippen LogP contribution in [0.25, 0.3) is 0 Å². The number of hydrogen-bond acceptors (Lipinski definition) is 4. The lowest BCUT2D eigenvalue weighted by molar-refractivity contribution is -0.0352. The second kappa shape index (κ2) is 11.0. The molecule has 1 aliphatic carbocycles. The molecule has 162 valence electrons. The monoisotopic (exact) mass is 401 g/mol. The van der Waals surface area contributed by atoms with Gasteiger partial charge in [0.2, 0.25) is 0 Å². The molecule has 29 heavy (non-hydrogen) atoms. The van der Waals surface area contributed by atoms with E-state index in [2.05, 4.69) is 63.8 Å². The average molecular weight is 402 g/mol. The summed E-state index contributed by atoms with van der Waals surface area (Å²) in [6.07, 6.45) is 6.54. The van der Waals surface area contributed by atoms with E-state index in [-0.39, 0.29) is 5.54 Å². The van der Waals surface area contributed by atoms with Gasteiger partial charge in [0.15, 0.2) is 5.96 Å². The summed E-state index contributed by atoms with van der Waals surface area (Å²) < 4.78 is 5.61. The predicted molar refractivity (Wildman–Crippen MR) is 120 cm³/mol. The summed E-state index contributed by atoms with van der Waals surface area (Å²) in [5.74, 6) is 0.892. The lowest BCUT2D eigenvalue weighted by atomic mass is 9.80. The molecule has 1 aromatic carbocycles. The van der Waals surface area contributed by atoms with Crippen molar-refractivity contribution in [2.45, 2.75) is 50.7 Å². The van der Waals surface area contributed by atoms with E-state index in [1.54, 1.807) is 0 Å². The summed E-state index contributed by atoms with van der Waals surface area (Å²) in [5.41, 5.74) is 2.92. The van der Waals surface area contributed by atoms with Crippen LogP contribution in [0.1, 0.15) is 43.2 Å². The van der Waals surface area contributed by atoms with E-state index >= 15 is 0 Å². The highest BCUT2D eigenvalue weighted by Crippen LogP contribution is 2.33. The highest BCUT2D eigenvalue weighted by molar-refractivity contribution is 5.79. The highest BCUT2D eigenvalue weighted by Gasteiger charge is 2.38. The first kappa shape index (κ1) is 22.1. The Labute approximate surface area is 176 Å². The van der Waals surface area contributed by atoms with Crippen LogP contribution >= 0.6 is 0 Å². The summed E-state index contributed by atoms with van der Waals surface area (Å²) >= 11 is 0. The molecular weight excluding hydrogens is 362 g/mol. The first-order chi connectivity index (χ1) is 14.1. The number of nitrogens with zero attached hydrogens (tertiary/aromatic N) is 3. The Bertz CT molecular complexity index is 648. The number of benzene rings is 1. The maximum Gasteiger partial charge on any atom is 0.191 e. The molecule has 1 aromatic rings. The quantitative estimate of drug-likeness (QED) is 0.543. The molecule has 0 amide bonds. The fraction of sp³-hybridized carbons (Fsp3) is 0.696. The number of aliphatic imine (C=N–C) groups is 1. The molecule has 0 aromatic heterocycles. The summed E-state index contributed by atoms with van der Waals surface area (Å²) in [7, 11) is 6.09. The predicted octanol–water partition coefficient (Wildman–Crippen LogP) is 2.45. The van der Waals surface area contributed by atoms with E-state index in [1.165, 1.54) is 43.2 Å². The van der Waals surface area contributed by atoms with Gasteiger partial charge >= 0.3 is 0 Å². The van der Waals surface area contributed by atoms with Crippen LogP contribution in [-0.2, 0) is 17.8 Å². The Kier molecular flexibility index (Phi) is 8.33. The molecule has 2 N–H and O–H groups in total. The third-order valence-electron chi connectivity index (χ3n) is 6.33. The molecule has 0 atom stereocenters. The molecular formula is C23H39N5O. The zero-order valence-electron chi connectivity index (χ0n) is 18.5. The van der Waals surface area contributed by atoms with Gasteiger partial charge in [0.1, 0.15) is 0 Å². The Morgan fingerprint density at radius 1 is 1.07 bits per heavy atom. The SMILES string of the molecule is CN=C(NCc1ccccc1CN(C)C)NCC1(N2CCOCC2)CCCCC1. The Hall–Kier alpha value is -1.63. The first-order valence-electron chi connectivity index (χ1n) is 11.1. The minimum atomic E-state index is 0.239. The van der Waals surface area contributed by atoms with Crippen molar-refractivity contribution < 1.29 is 4.74 Å². The number of ether oxygens (including phenoxy) is 1. The van der Waals surface area contributed by atoms with Crippen molar-refractivity contribution in [1.82, 2.24) is 20.4 Å². The molecule has 0 spiro atoms. The van der Waals surface area contributed by atoms with Gasteiger partial charge in [0.25, 0.3) is 0 Å². The van der Waals surface area contributed by atoms with Crippen LogP contribution < -0.4 is 10.6 Å². The molecule has 0 radical (unpaired) electrons. The van der Waals surface area contributed by atoms with Gasteiger partial charge < -0.3 is 20.3 Å². The van der Waals surface area contributed by atoms with Crippen molar-refractivity contribution in [1.29, 1.82) is 0 Å². The summed E-state index contributed by atoms with van der Waals surface area (Å²) in [4.78, 5) is 9.37. The number of hydrogen-bond donors (Lipinski definition) is 2. The van der Waals surface area contributed by atoms with E-state index in [0.29, 0.717) is 0 Å². The van der Waals surface area contributed by atoms with Crippen LogP contribution in [0.3, 0.4) is 0 Å². The number of morpholine rings is 1. The molecule has 0 unspecified atom stereocenters. The fourth-order valence-electron chi connectivity index (χ4n) is 4.73. The van der Waals surface area contributed by atoms with Crippen molar-refractivity contribution in [3.63, 3.8) is 0 Å². The normalized spacial score (nSPS) is 20.6. The van der Waals surface area contributed by atoms with Crippen LogP contribution in [-0.4, -0.2) is 75.3 Å². The van der Waals surface area contributed by atoms with Gasteiger partial charge in [-0.05, 0) is 38.1 Å². The molecule has 1 saturated heterocycles. The van der Waals surface area contributed by atoms with Gasteiger partial charge in [-0.3, -0.25) is 9.89 Å². The van der Waals surface area contributed by atoms with Gasteiger partial charge in [0.05, 0.1) is 13.2 Å². The topological polar surface area (TPSA) is 52.1 Å². The largest absolute Gasteiger partial charge is 0.379 e. The molecule has 0 bridgehead atoms. The van der Waals surface area contributed by atoms with Gasteiger partial charge in [0, 0.05) is 45.3 Å². The zero-order chi connectivity index (χ0) is 20.5. The highest BCUT2D eigenvalue weighted by atomic mass is 16.5. The number of nitrogens with one attached hydrogen (secondary N) is 2. The maximum atomic E-state index is 5.61. The second-order valence-electron chi connectivity index (χ2n) is 8.67. The Morgan fingerprint density at radius 2 is 1.76 bits per heavy atom. The maximum absolute atomic E-state index is 5.61. The van der Waals surface area contributed by atoms with Crippen LogP contribution in [0.5, 0.6) is 0 Å². The smallest absolute Gasteiger partial charge is 0.191 e. The van der Waals surface area contributed by atoms with Gasteiger partial charge in [-0.1, -0.05) is 43.5 Å². The first-order valence-corrected chi connectivity index (χ1v) is 11.1. The van der Waals surface area contributed by atoms with Gasteiger partial charge in [-0.15, -0.1) is 0 Å². The fourth-order valence-corrected chi connectivity index (χ4v) is 4.73. The van der Waals surface area contributed by atoms with Crippen LogP contribution in [0.2, 0.25) is 0 Å². The summed E-state index contributed by atoms with van der Waals surface area (Å²) in [5, 5.41) is 7.19. The van der Waals surface area contributed by atoms with E-state index < -0.39 is 0 Å². The van der Waals surface area contributed by atoms with E-state index in [1.807, 2.05) is 7.05 Å². The van der Waals surface area contributed by atoms with E-state index in [4.69, 9.17) is 4.74 Å². The molecule has 6 heteroatoms.